The van der Waals surface area contributed by atoms with Crippen molar-refractivity contribution in [1.29, 1.82) is 0 Å². The second-order valence-electron chi connectivity index (χ2n) is 3.95. The highest BCUT2D eigenvalue weighted by atomic mass is 32.2. The number of fused-ring (bicyclic) bond motifs is 1. The van der Waals surface area contributed by atoms with E-state index in [1.807, 2.05) is 25.1 Å². The fraction of sp³-hybridized carbons (Fsp3) is 0.231. The van der Waals surface area contributed by atoms with Crippen molar-refractivity contribution >= 4 is 17.8 Å². The molecule has 0 atom stereocenters. The molecule has 0 aromatic heterocycles. The average molecular weight is 235 g/mol. The Morgan fingerprint density at radius 1 is 1.38 bits per heavy atom. The molecule has 0 fully saturated rings. The summed E-state index contributed by atoms with van der Waals surface area (Å²) in [6.45, 7) is 1.85. The van der Waals surface area contributed by atoms with Crippen LogP contribution in [0.25, 0.3) is 0 Å². The Kier molecular flexibility index (Phi) is 3.34. The van der Waals surface area contributed by atoms with E-state index in [2.05, 4.69) is 6.07 Å². The zero-order chi connectivity index (χ0) is 11.5. The molecule has 0 bridgehead atoms. The number of allylic oxidation sites excluding steroid dienone is 3. The van der Waals surface area contributed by atoms with E-state index in [1.54, 1.807) is 6.08 Å². The molecule has 0 saturated carbocycles. The largest absolute Gasteiger partial charge is 0.399 e. The normalized spacial score (nSPS) is 17.9. The van der Waals surface area contributed by atoms with Crippen LogP contribution < -0.4 is 5.73 Å². The molecule has 0 spiro atoms. The lowest BCUT2D eigenvalue weighted by atomic mass is 10.1. The maximum Gasteiger partial charge on any atom is 0.0808 e. The molecule has 3 heteroatoms. The maximum atomic E-state index is 12.5. The van der Waals surface area contributed by atoms with Crippen molar-refractivity contribution in [2.45, 2.75) is 19.8 Å². The quantitative estimate of drug-likeness (QED) is 0.789. The minimum atomic E-state index is 0.299. The second kappa shape index (κ2) is 4.74. The number of nitrogens with two attached hydrogens (primary N) is 1. The summed E-state index contributed by atoms with van der Waals surface area (Å²) in [5, 5.41) is 0. The van der Waals surface area contributed by atoms with Crippen molar-refractivity contribution in [2.24, 2.45) is 0 Å². The van der Waals surface area contributed by atoms with Crippen LogP contribution >= 0.6 is 12.1 Å². The summed E-state index contributed by atoms with van der Waals surface area (Å²) in [6.07, 6.45) is 5.52. The summed E-state index contributed by atoms with van der Waals surface area (Å²) in [7, 11) is 0. The van der Waals surface area contributed by atoms with Crippen molar-refractivity contribution in [3.8, 4) is 0 Å². The van der Waals surface area contributed by atoms with Gasteiger partial charge in [0.1, 0.15) is 0 Å². The fourth-order valence-corrected chi connectivity index (χ4v) is 2.29. The molecule has 1 aromatic rings. The standard InChI is InChI=1S/C13H14FNS/c1-2-13(16-14)7-9-5-10-3-4-12(15)8-11(10)6-9/h2-4,7-8H,5-6,15H2,1H3/b9-7-,13-2+. The molecule has 2 N–H and O–H groups in total. The van der Waals surface area contributed by atoms with Crippen LogP contribution in [-0.2, 0) is 12.8 Å². The Hall–Kier alpha value is -1.22. The van der Waals surface area contributed by atoms with Crippen LogP contribution in [0.5, 0.6) is 0 Å². The van der Waals surface area contributed by atoms with E-state index in [-0.39, 0.29) is 0 Å². The van der Waals surface area contributed by atoms with Gasteiger partial charge >= 0.3 is 0 Å². The van der Waals surface area contributed by atoms with Gasteiger partial charge in [0.2, 0.25) is 0 Å². The van der Waals surface area contributed by atoms with Gasteiger partial charge in [-0.2, -0.15) is 3.89 Å². The lowest BCUT2D eigenvalue weighted by molar-refractivity contribution is 0.944. The summed E-state index contributed by atoms with van der Waals surface area (Å²) in [6, 6.07) is 5.99. The van der Waals surface area contributed by atoms with E-state index in [0.717, 1.165) is 18.5 Å². The molecule has 16 heavy (non-hydrogen) atoms. The number of anilines is 1. The molecule has 1 aliphatic carbocycles. The lowest BCUT2D eigenvalue weighted by Crippen LogP contribution is -1.87. The molecule has 84 valence electrons. The molecule has 0 aliphatic heterocycles. The zero-order valence-corrected chi connectivity index (χ0v) is 9.98. The number of hydrogen-bond acceptors (Lipinski definition) is 2. The van der Waals surface area contributed by atoms with Gasteiger partial charge in [-0.15, -0.1) is 0 Å². The van der Waals surface area contributed by atoms with Gasteiger partial charge in [0, 0.05) is 10.6 Å². The molecular weight excluding hydrogens is 221 g/mol. The third-order valence-corrected chi connectivity index (χ3v) is 3.32. The highest BCUT2D eigenvalue weighted by molar-refractivity contribution is 7.98. The Bertz CT molecular complexity index is 463. The van der Waals surface area contributed by atoms with E-state index < -0.39 is 0 Å². The van der Waals surface area contributed by atoms with Crippen LogP contribution in [0.2, 0.25) is 0 Å². The summed E-state index contributed by atoms with van der Waals surface area (Å²) < 4.78 is 12.5. The molecule has 1 aromatic carbocycles. The average Bonchev–Trinajstić information content (AvgIpc) is 2.67. The topological polar surface area (TPSA) is 26.0 Å². The minimum absolute atomic E-state index is 0.299. The van der Waals surface area contributed by atoms with Gasteiger partial charge in [0.25, 0.3) is 0 Å². The summed E-state index contributed by atoms with van der Waals surface area (Å²) in [5.41, 5.74) is 10.4. The van der Waals surface area contributed by atoms with Crippen LogP contribution in [0, 0.1) is 0 Å². The van der Waals surface area contributed by atoms with Crippen molar-refractivity contribution in [1.82, 2.24) is 0 Å². The smallest absolute Gasteiger partial charge is 0.0808 e. The van der Waals surface area contributed by atoms with E-state index in [0.29, 0.717) is 17.1 Å². The van der Waals surface area contributed by atoms with Gasteiger partial charge in [0.15, 0.2) is 0 Å². The molecule has 1 nitrogen and oxygen atoms in total. The van der Waals surface area contributed by atoms with Gasteiger partial charge in [-0.25, -0.2) is 0 Å². The maximum absolute atomic E-state index is 12.5. The number of nitrogen functional groups attached to an aromatic ring is 1. The van der Waals surface area contributed by atoms with E-state index >= 15 is 0 Å². The Morgan fingerprint density at radius 2 is 2.12 bits per heavy atom. The number of benzene rings is 1. The predicted octanol–water partition coefficient (Wildman–Crippen LogP) is 3.82. The van der Waals surface area contributed by atoms with Crippen LogP contribution in [0.3, 0.4) is 0 Å². The monoisotopic (exact) mass is 235 g/mol. The Labute approximate surface area is 99.5 Å². The van der Waals surface area contributed by atoms with Crippen LogP contribution in [0.15, 0.2) is 40.8 Å². The minimum Gasteiger partial charge on any atom is -0.399 e. The van der Waals surface area contributed by atoms with Gasteiger partial charge in [-0.3, -0.25) is 0 Å². The molecule has 0 saturated heterocycles. The highest BCUT2D eigenvalue weighted by Crippen LogP contribution is 2.30. The zero-order valence-electron chi connectivity index (χ0n) is 9.16. The predicted molar refractivity (Wildman–Crippen MR) is 68.8 cm³/mol. The summed E-state index contributed by atoms with van der Waals surface area (Å²) >= 11 is 0.299. The van der Waals surface area contributed by atoms with Gasteiger partial charge in [-0.1, -0.05) is 17.7 Å². The first kappa shape index (κ1) is 11.3. The Balaban J connectivity index is 2.23. The van der Waals surface area contributed by atoms with Crippen molar-refractivity contribution in [2.75, 3.05) is 5.73 Å². The van der Waals surface area contributed by atoms with Crippen LogP contribution in [0.1, 0.15) is 18.1 Å². The SMILES string of the molecule is C/C=C(\C=C1\Cc2ccc(N)cc2C1)SF. The lowest BCUT2D eigenvalue weighted by Gasteiger charge is -1.97. The third kappa shape index (κ3) is 2.30. The first-order chi connectivity index (χ1) is 7.72. The number of halogens is 1. The molecule has 2 rings (SSSR count). The van der Waals surface area contributed by atoms with Gasteiger partial charge in [0.05, 0.1) is 12.1 Å². The molecule has 0 radical (unpaired) electrons. The first-order valence-corrected chi connectivity index (χ1v) is 5.96. The molecule has 0 heterocycles. The van der Waals surface area contributed by atoms with Gasteiger partial charge < -0.3 is 5.73 Å². The molecular formula is C13H14FNS. The highest BCUT2D eigenvalue weighted by Gasteiger charge is 2.15. The second-order valence-corrected chi connectivity index (χ2v) is 4.58. The van der Waals surface area contributed by atoms with Crippen molar-refractivity contribution in [3.63, 3.8) is 0 Å². The van der Waals surface area contributed by atoms with Gasteiger partial charge in [-0.05, 0) is 49.1 Å². The summed E-state index contributed by atoms with van der Waals surface area (Å²) in [5.74, 6) is 0. The number of hydrogen-bond donors (Lipinski definition) is 1. The molecule has 0 amide bonds. The number of rotatable bonds is 2. The fourth-order valence-electron chi connectivity index (χ4n) is 1.99. The van der Waals surface area contributed by atoms with Crippen molar-refractivity contribution in [3.05, 3.63) is 52.0 Å². The summed E-state index contributed by atoms with van der Waals surface area (Å²) in [4.78, 5) is 0.677. The first-order valence-electron chi connectivity index (χ1n) is 5.24. The molecule has 1 aliphatic rings. The van der Waals surface area contributed by atoms with E-state index in [1.165, 1.54) is 16.7 Å². The van der Waals surface area contributed by atoms with Crippen LogP contribution in [0.4, 0.5) is 9.57 Å². The third-order valence-electron chi connectivity index (χ3n) is 2.79. The van der Waals surface area contributed by atoms with E-state index in [9.17, 15) is 3.89 Å². The van der Waals surface area contributed by atoms with Crippen LogP contribution in [-0.4, -0.2) is 0 Å². The van der Waals surface area contributed by atoms with Crippen molar-refractivity contribution < 1.29 is 3.89 Å². The Morgan fingerprint density at radius 3 is 2.81 bits per heavy atom. The molecule has 0 unspecified atom stereocenters. The van der Waals surface area contributed by atoms with E-state index in [4.69, 9.17) is 5.73 Å².